The van der Waals surface area contributed by atoms with Crippen molar-refractivity contribution in [1.82, 2.24) is 4.57 Å². The van der Waals surface area contributed by atoms with E-state index >= 15 is 0 Å². The van der Waals surface area contributed by atoms with Crippen molar-refractivity contribution in [1.29, 1.82) is 10.5 Å². The van der Waals surface area contributed by atoms with E-state index in [0.29, 0.717) is 15.7 Å². The summed E-state index contributed by atoms with van der Waals surface area (Å²) >= 11 is 1.24. The Kier molecular flexibility index (Phi) is 4.47. The molecule has 0 saturated heterocycles. The van der Waals surface area contributed by atoms with Crippen molar-refractivity contribution in [3.05, 3.63) is 19.5 Å². The summed E-state index contributed by atoms with van der Waals surface area (Å²) in [5.41, 5.74) is 0.891. The summed E-state index contributed by atoms with van der Waals surface area (Å²) in [5.74, 6) is 0.266. The molecule has 0 aliphatic carbocycles. The number of thiazole rings is 1. The first-order chi connectivity index (χ1) is 8.47. The highest BCUT2D eigenvalue weighted by Gasteiger charge is 2.10. The summed E-state index contributed by atoms with van der Waals surface area (Å²) in [4.78, 5) is 12.2. The van der Waals surface area contributed by atoms with Gasteiger partial charge < -0.3 is 0 Å². The van der Waals surface area contributed by atoms with E-state index in [-0.39, 0.29) is 17.1 Å². The smallest absolute Gasteiger partial charge is 0.269 e. The van der Waals surface area contributed by atoms with Gasteiger partial charge in [0.1, 0.15) is 16.8 Å². The van der Waals surface area contributed by atoms with Crippen molar-refractivity contribution in [3.8, 4) is 12.1 Å². The highest BCUT2D eigenvalue weighted by molar-refractivity contribution is 7.07. The normalized spacial score (nSPS) is 11.9. The third-order valence-corrected chi connectivity index (χ3v) is 4.18. The Balaban J connectivity index is 3.97. The molecule has 1 heterocycles. The van der Waals surface area contributed by atoms with E-state index in [0.717, 1.165) is 5.57 Å². The van der Waals surface area contributed by atoms with E-state index < -0.39 is 0 Å². The van der Waals surface area contributed by atoms with Gasteiger partial charge in [-0.15, -0.1) is 11.3 Å². The Labute approximate surface area is 110 Å². The number of nitrogens with zero attached hydrogens (tertiary/aromatic N) is 3. The molecule has 0 unspecified atom stereocenters. The molecule has 0 atom stereocenters. The minimum Gasteiger partial charge on any atom is -0.298 e. The Hall–Kier alpha value is -1.85. The SMILES string of the molecule is CCn1c(=C(C#N)C#N)s/c(=C(\C)C(C)C)c1=O. The fourth-order valence-electron chi connectivity index (χ4n) is 1.52. The summed E-state index contributed by atoms with van der Waals surface area (Å²) in [6.07, 6.45) is 0. The number of aromatic nitrogens is 1. The molecule has 4 nitrogen and oxygen atoms in total. The zero-order valence-corrected chi connectivity index (χ0v) is 11.8. The molecule has 18 heavy (non-hydrogen) atoms. The summed E-state index contributed by atoms with van der Waals surface area (Å²) in [6.45, 7) is 8.24. The Morgan fingerprint density at radius 2 is 1.94 bits per heavy atom. The van der Waals surface area contributed by atoms with Crippen LogP contribution in [0.5, 0.6) is 0 Å². The lowest BCUT2D eigenvalue weighted by Gasteiger charge is -2.00. The van der Waals surface area contributed by atoms with E-state index in [1.165, 1.54) is 15.9 Å². The molecule has 1 aromatic rings. The van der Waals surface area contributed by atoms with Gasteiger partial charge in [0.2, 0.25) is 0 Å². The summed E-state index contributed by atoms with van der Waals surface area (Å²) < 4.78 is 2.60. The molecule has 94 valence electrons. The van der Waals surface area contributed by atoms with Gasteiger partial charge in [-0.1, -0.05) is 13.8 Å². The quantitative estimate of drug-likeness (QED) is 0.796. The van der Waals surface area contributed by atoms with Crippen LogP contribution in [0.15, 0.2) is 4.79 Å². The summed E-state index contributed by atoms with van der Waals surface area (Å²) in [7, 11) is 0. The second-order valence-electron chi connectivity index (χ2n) is 4.22. The van der Waals surface area contributed by atoms with Crippen LogP contribution in [0.25, 0.3) is 11.1 Å². The van der Waals surface area contributed by atoms with Crippen molar-refractivity contribution >= 4 is 22.5 Å². The topological polar surface area (TPSA) is 69.6 Å². The first kappa shape index (κ1) is 14.2. The van der Waals surface area contributed by atoms with Gasteiger partial charge in [-0.3, -0.25) is 9.36 Å². The van der Waals surface area contributed by atoms with Crippen LogP contribution < -0.4 is 14.8 Å². The molecule has 1 rings (SSSR count). The predicted molar refractivity (Wildman–Crippen MR) is 72.1 cm³/mol. The first-order valence-corrected chi connectivity index (χ1v) is 6.54. The molecule has 0 aliphatic rings. The zero-order valence-electron chi connectivity index (χ0n) is 10.9. The van der Waals surface area contributed by atoms with Gasteiger partial charge in [0, 0.05) is 6.54 Å². The van der Waals surface area contributed by atoms with Crippen LogP contribution in [0.4, 0.5) is 0 Å². The van der Waals surface area contributed by atoms with Crippen LogP contribution in [0.3, 0.4) is 0 Å². The maximum Gasteiger partial charge on any atom is 0.269 e. The molecular weight excluding hydrogens is 246 g/mol. The average molecular weight is 261 g/mol. The molecule has 0 bridgehead atoms. The second kappa shape index (κ2) is 5.66. The monoisotopic (exact) mass is 261 g/mol. The Bertz CT molecular complexity index is 691. The van der Waals surface area contributed by atoms with Crippen molar-refractivity contribution in [3.63, 3.8) is 0 Å². The van der Waals surface area contributed by atoms with Crippen LogP contribution in [-0.2, 0) is 6.54 Å². The van der Waals surface area contributed by atoms with Gasteiger partial charge >= 0.3 is 0 Å². The number of rotatable bonds is 2. The molecule has 0 amide bonds. The largest absolute Gasteiger partial charge is 0.298 e. The number of hydrogen-bond acceptors (Lipinski definition) is 4. The standard InChI is InChI=1S/C13H15N3OS/c1-5-16-12(17)11(9(4)8(2)3)18-13(16)10(6-14)7-15/h8H,5H2,1-4H3/b11-9+. The van der Waals surface area contributed by atoms with E-state index in [4.69, 9.17) is 10.5 Å². The lowest BCUT2D eigenvalue weighted by Crippen LogP contribution is -2.32. The number of hydrogen-bond donors (Lipinski definition) is 0. The van der Waals surface area contributed by atoms with Crippen molar-refractivity contribution < 1.29 is 0 Å². The first-order valence-electron chi connectivity index (χ1n) is 5.72. The van der Waals surface area contributed by atoms with E-state index in [1.54, 1.807) is 0 Å². The summed E-state index contributed by atoms with van der Waals surface area (Å²) in [5, 5.41) is 17.8. The van der Waals surface area contributed by atoms with Crippen LogP contribution in [0.2, 0.25) is 0 Å². The summed E-state index contributed by atoms with van der Waals surface area (Å²) in [6, 6.07) is 3.70. The third-order valence-electron chi connectivity index (χ3n) is 2.86. The fourth-order valence-corrected chi connectivity index (χ4v) is 2.82. The maximum absolute atomic E-state index is 12.2. The van der Waals surface area contributed by atoms with Crippen molar-refractivity contribution in [2.45, 2.75) is 34.2 Å². The molecule has 0 saturated carbocycles. The molecule has 0 radical (unpaired) electrons. The molecule has 0 spiro atoms. The fraction of sp³-hybridized carbons (Fsp3) is 0.462. The second-order valence-corrected chi connectivity index (χ2v) is 5.22. The minimum atomic E-state index is -0.105. The van der Waals surface area contributed by atoms with Crippen LogP contribution in [0, 0.1) is 28.6 Å². The maximum atomic E-state index is 12.2. The molecule has 0 fully saturated rings. The van der Waals surface area contributed by atoms with Gasteiger partial charge in [0.25, 0.3) is 5.56 Å². The molecule has 0 N–H and O–H groups in total. The van der Waals surface area contributed by atoms with Crippen LogP contribution in [-0.4, -0.2) is 4.57 Å². The molecule has 0 aromatic carbocycles. The van der Waals surface area contributed by atoms with E-state index in [9.17, 15) is 4.79 Å². The van der Waals surface area contributed by atoms with Gasteiger partial charge in [0.15, 0.2) is 5.57 Å². The van der Waals surface area contributed by atoms with E-state index in [2.05, 4.69) is 0 Å². The van der Waals surface area contributed by atoms with Gasteiger partial charge in [-0.05, 0) is 25.3 Å². The average Bonchev–Trinajstić information content (AvgIpc) is 2.67. The molecule has 1 aromatic heterocycles. The molecule has 5 heteroatoms. The lowest BCUT2D eigenvalue weighted by molar-refractivity contribution is 0.720. The van der Waals surface area contributed by atoms with Crippen molar-refractivity contribution in [2.75, 3.05) is 0 Å². The molecular formula is C13H15N3OS. The predicted octanol–water partition coefficient (Wildman–Crippen LogP) is 0.954. The van der Waals surface area contributed by atoms with Gasteiger partial charge in [-0.2, -0.15) is 10.5 Å². The minimum absolute atomic E-state index is 0.00163. The number of nitriles is 2. The lowest BCUT2D eigenvalue weighted by atomic mass is 10.1. The van der Waals surface area contributed by atoms with Crippen molar-refractivity contribution in [2.24, 2.45) is 5.92 Å². The highest BCUT2D eigenvalue weighted by Crippen LogP contribution is 2.06. The third kappa shape index (κ3) is 2.37. The van der Waals surface area contributed by atoms with Crippen LogP contribution >= 0.6 is 11.3 Å². The van der Waals surface area contributed by atoms with Gasteiger partial charge in [0.05, 0.1) is 4.53 Å². The molecule has 0 aliphatic heterocycles. The van der Waals surface area contributed by atoms with Gasteiger partial charge in [-0.25, -0.2) is 0 Å². The Morgan fingerprint density at radius 3 is 2.33 bits per heavy atom. The van der Waals surface area contributed by atoms with E-state index in [1.807, 2.05) is 39.8 Å². The highest BCUT2D eigenvalue weighted by atomic mass is 32.1. The van der Waals surface area contributed by atoms with Crippen LogP contribution in [0.1, 0.15) is 27.7 Å². The zero-order chi connectivity index (χ0) is 13.9. The Morgan fingerprint density at radius 1 is 1.39 bits per heavy atom.